The normalized spacial score (nSPS) is 10.7. The van der Waals surface area contributed by atoms with Crippen LogP contribution in [0.2, 0.25) is 0 Å². The minimum absolute atomic E-state index is 0.0541. The van der Waals surface area contributed by atoms with Crippen molar-refractivity contribution in [2.75, 3.05) is 0 Å². The van der Waals surface area contributed by atoms with E-state index in [-0.39, 0.29) is 5.57 Å². The van der Waals surface area contributed by atoms with Gasteiger partial charge in [0.15, 0.2) is 0 Å². The first-order valence-corrected chi connectivity index (χ1v) is 10.0. The van der Waals surface area contributed by atoms with Gasteiger partial charge in [-0.1, -0.05) is 72.8 Å². The van der Waals surface area contributed by atoms with Gasteiger partial charge in [-0.2, -0.15) is 5.26 Å². The molecule has 0 heterocycles. The molecule has 0 fully saturated rings. The molecule has 154 valence electrons. The second-order valence-corrected chi connectivity index (χ2v) is 6.97. The van der Waals surface area contributed by atoms with Crippen LogP contribution in [-0.2, 0) is 24.4 Å². The first kappa shape index (κ1) is 21.6. The molecule has 0 atom stereocenters. The van der Waals surface area contributed by atoms with Crippen molar-refractivity contribution in [2.45, 2.75) is 19.6 Å². The lowest BCUT2D eigenvalue weighted by atomic mass is 10.0. The average molecular weight is 409 g/mol. The van der Waals surface area contributed by atoms with Crippen LogP contribution in [0.3, 0.4) is 0 Å². The minimum atomic E-state index is -0.402. The first-order chi connectivity index (χ1) is 15.2. The molecule has 1 N–H and O–H groups in total. The molecular weight excluding hydrogens is 384 g/mol. The molecular formula is C27H24N2O2. The standard InChI is InChI=1S/C27H24N2O2/c1-2-9-24-16-23(14-15-26(24)31-20-22-12-7-4-8-13-22)17-25(18-28)27(30)29-19-21-10-5-3-6-11-21/h2-8,10-17H,1,9,19-20H2,(H,29,30)/b25-17-. The van der Waals surface area contributed by atoms with Crippen LogP contribution in [0.5, 0.6) is 5.75 Å². The van der Waals surface area contributed by atoms with Crippen molar-refractivity contribution in [1.82, 2.24) is 5.32 Å². The van der Waals surface area contributed by atoms with Gasteiger partial charge >= 0.3 is 0 Å². The molecule has 4 nitrogen and oxygen atoms in total. The minimum Gasteiger partial charge on any atom is -0.489 e. The Morgan fingerprint density at radius 3 is 2.32 bits per heavy atom. The lowest BCUT2D eigenvalue weighted by Gasteiger charge is -2.12. The van der Waals surface area contributed by atoms with E-state index >= 15 is 0 Å². The molecule has 0 aliphatic rings. The van der Waals surface area contributed by atoms with E-state index in [1.807, 2.05) is 84.9 Å². The molecule has 0 saturated heterocycles. The summed E-state index contributed by atoms with van der Waals surface area (Å²) < 4.78 is 5.98. The summed E-state index contributed by atoms with van der Waals surface area (Å²) in [6, 6.07) is 27.1. The Kier molecular flexibility index (Phi) is 7.79. The highest BCUT2D eigenvalue weighted by Crippen LogP contribution is 2.24. The highest BCUT2D eigenvalue weighted by atomic mass is 16.5. The number of ether oxygens (including phenoxy) is 1. The number of nitrogens with one attached hydrogen (secondary N) is 1. The van der Waals surface area contributed by atoms with E-state index in [4.69, 9.17) is 4.74 Å². The first-order valence-electron chi connectivity index (χ1n) is 10.0. The molecule has 0 unspecified atom stereocenters. The monoisotopic (exact) mass is 408 g/mol. The maximum Gasteiger partial charge on any atom is 0.262 e. The predicted molar refractivity (Wildman–Crippen MR) is 123 cm³/mol. The number of hydrogen-bond acceptors (Lipinski definition) is 3. The van der Waals surface area contributed by atoms with Crippen molar-refractivity contribution in [1.29, 1.82) is 5.26 Å². The summed E-state index contributed by atoms with van der Waals surface area (Å²) in [5.74, 6) is 0.356. The van der Waals surface area contributed by atoms with Crippen molar-refractivity contribution < 1.29 is 9.53 Å². The molecule has 3 aromatic rings. The number of hydrogen-bond donors (Lipinski definition) is 1. The van der Waals surface area contributed by atoms with Gasteiger partial charge in [0.05, 0.1) is 0 Å². The number of carbonyl (C=O) groups is 1. The fourth-order valence-corrected chi connectivity index (χ4v) is 3.07. The lowest BCUT2D eigenvalue weighted by molar-refractivity contribution is -0.117. The molecule has 0 aliphatic carbocycles. The molecule has 4 heteroatoms. The van der Waals surface area contributed by atoms with Gasteiger partial charge in [-0.15, -0.1) is 6.58 Å². The molecule has 3 rings (SSSR count). The molecule has 0 aromatic heterocycles. The summed E-state index contributed by atoms with van der Waals surface area (Å²) in [6.45, 7) is 4.65. The van der Waals surface area contributed by atoms with Crippen LogP contribution in [0.15, 0.2) is 97.1 Å². The Bertz CT molecular complexity index is 1100. The van der Waals surface area contributed by atoms with Gasteiger partial charge in [0.1, 0.15) is 24.0 Å². The Morgan fingerprint density at radius 2 is 1.68 bits per heavy atom. The molecule has 1 amide bonds. The molecule has 0 bridgehead atoms. The maximum absolute atomic E-state index is 12.4. The van der Waals surface area contributed by atoms with E-state index in [1.54, 1.807) is 12.2 Å². The Labute approximate surface area is 183 Å². The van der Waals surface area contributed by atoms with Gasteiger partial charge in [0.25, 0.3) is 5.91 Å². The molecule has 0 aliphatic heterocycles. The van der Waals surface area contributed by atoms with E-state index in [2.05, 4.69) is 11.9 Å². The predicted octanol–water partition coefficient (Wildman–Crippen LogP) is 5.22. The molecule has 31 heavy (non-hydrogen) atoms. The van der Waals surface area contributed by atoms with E-state index in [1.165, 1.54) is 0 Å². The van der Waals surface area contributed by atoms with Crippen molar-refractivity contribution in [3.63, 3.8) is 0 Å². The third kappa shape index (κ3) is 6.45. The van der Waals surface area contributed by atoms with Crippen molar-refractivity contribution in [2.24, 2.45) is 0 Å². The van der Waals surface area contributed by atoms with Gasteiger partial charge in [-0.25, -0.2) is 0 Å². The second kappa shape index (κ2) is 11.2. The number of amides is 1. The quantitative estimate of drug-likeness (QED) is 0.300. The van der Waals surface area contributed by atoms with E-state index in [9.17, 15) is 10.1 Å². The van der Waals surface area contributed by atoms with Crippen LogP contribution in [0.1, 0.15) is 22.3 Å². The molecule has 0 saturated carbocycles. The number of benzene rings is 3. The third-order valence-corrected chi connectivity index (χ3v) is 4.66. The number of nitriles is 1. The van der Waals surface area contributed by atoms with Crippen LogP contribution in [-0.4, -0.2) is 5.91 Å². The summed E-state index contributed by atoms with van der Waals surface area (Å²) >= 11 is 0. The van der Waals surface area contributed by atoms with Gasteiger partial charge in [0.2, 0.25) is 0 Å². The number of nitrogens with zero attached hydrogens (tertiary/aromatic N) is 1. The lowest BCUT2D eigenvalue weighted by Crippen LogP contribution is -2.23. The third-order valence-electron chi connectivity index (χ3n) is 4.66. The van der Waals surface area contributed by atoms with Crippen LogP contribution >= 0.6 is 0 Å². The summed E-state index contributed by atoms with van der Waals surface area (Å²) in [7, 11) is 0. The van der Waals surface area contributed by atoms with Crippen LogP contribution in [0.4, 0.5) is 0 Å². The average Bonchev–Trinajstić information content (AvgIpc) is 2.82. The number of allylic oxidation sites excluding steroid dienone is 1. The van der Waals surface area contributed by atoms with Gasteiger partial charge in [-0.3, -0.25) is 4.79 Å². The molecule has 3 aromatic carbocycles. The second-order valence-electron chi connectivity index (χ2n) is 6.97. The number of carbonyl (C=O) groups excluding carboxylic acids is 1. The Hall–Kier alpha value is -4.10. The largest absolute Gasteiger partial charge is 0.489 e. The summed E-state index contributed by atoms with van der Waals surface area (Å²) in [5.41, 5.74) is 3.81. The van der Waals surface area contributed by atoms with Crippen molar-refractivity contribution in [3.05, 3.63) is 119 Å². The summed E-state index contributed by atoms with van der Waals surface area (Å²) in [6.07, 6.45) is 4.01. The van der Waals surface area contributed by atoms with E-state index < -0.39 is 5.91 Å². The zero-order chi connectivity index (χ0) is 21.9. The summed E-state index contributed by atoms with van der Waals surface area (Å²) in [4.78, 5) is 12.4. The zero-order valence-corrected chi connectivity index (χ0v) is 17.3. The SMILES string of the molecule is C=CCc1cc(/C=C(/C#N)C(=O)NCc2ccccc2)ccc1OCc1ccccc1. The van der Waals surface area contributed by atoms with Crippen LogP contribution < -0.4 is 10.1 Å². The Balaban J connectivity index is 1.73. The topological polar surface area (TPSA) is 62.1 Å². The van der Waals surface area contributed by atoms with Crippen molar-refractivity contribution in [3.8, 4) is 11.8 Å². The van der Waals surface area contributed by atoms with Crippen LogP contribution in [0.25, 0.3) is 6.08 Å². The maximum atomic E-state index is 12.4. The fourth-order valence-electron chi connectivity index (χ4n) is 3.07. The highest BCUT2D eigenvalue weighted by molar-refractivity contribution is 6.01. The van der Waals surface area contributed by atoms with E-state index in [0.717, 1.165) is 28.0 Å². The number of rotatable bonds is 9. The van der Waals surface area contributed by atoms with Gasteiger partial charge in [0, 0.05) is 6.54 Å². The van der Waals surface area contributed by atoms with Gasteiger partial charge in [-0.05, 0) is 46.9 Å². The molecule has 0 radical (unpaired) electrons. The highest BCUT2D eigenvalue weighted by Gasteiger charge is 2.10. The smallest absolute Gasteiger partial charge is 0.262 e. The van der Waals surface area contributed by atoms with E-state index in [0.29, 0.717) is 19.6 Å². The van der Waals surface area contributed by atoms with Crippen molar-refractivity contribution >= 4 is 12.0 Å². The van der Waals surface area contributed by atoms with Crippen LogP contribution in [0, 0.1) is 11.3 Å². The summed E-state index contributed by atoms with van der Waals surface area (Å²) in [5, 5.41) is 12.3. The fraction of sp³-hybridized carbons (Fsp3) is 0.111. The molecule has 0 spiro atoms. The Morgan fingerprint density at radius 1 is 1.00 bits per heavy atom. The zero-order valence-electron chi connectivity index (χ0n) is 17.3. The van der Waals surface area contributed by atoms with Gasteiger partial charge < -0.3 is 10.1 Å².